The molecular weight excluding hydrogens is 452 g/mol. The van der Waals surface area contributed by atoms with Crippen molar-refractivity contribution in [3.63, 3.8) is 0 Å². The standard InChI is InChI=1S/C24H26N6O3S/c1-16-3-5-19(6-4-16)26-22-13-17(2)25-24(28-22)29-9-11-30(12-10-29)34(32,33)20-7-8-21-18(14-20)15-23(31)27-21/h3-8,13-14H,9-12,15H2,1-2H3,(H,27,31)(H,25,26,28). The van der Waals surface area contributed by atoms with Gasteiger partial charge in [0.2, 0.25) is 21.9 Å². The van der Waals surface area contributed by atoms with E-state index in [9.17, 15) is 13.2 Å². The molecule has 0 spiro atoms. The van der Waals surface area contributed by atoms with Crippen LogP contribution in [-0.2, 0) is 21.2 Å². The summed E-state index contributed by atoms with van der Waals surface area (Å²) in [5.74, 6) is 1.16. The molecule has 10 heteroatoms. The molecule has 0 unspecified atom stereocenters. The number of nitrogens with one attached hydrogen (secondary N) is 2. The summed E-state index contributed by atoms with van der Waals surface area (Å²) in [7, 11) is -3.65. The summed E-state index contributed by atoms with van der Waals surface area (Å²) in [6.07, 6.45) is 0.204. The fourth-order valence-electron chi connectivity index (χ4n) is 4.19. The summed E-state index contributed by atoms with van der Waals surface area (Å²) in [5, 5.41) is 6.05. The minimum atomic E-state index is -3.65. The molecule has 2 aliphatic heterocycles. The third-order valence-corrected chi connectivity index (χ3v) is 7.92. The van der Waals surface area contributed by atoms with Gasteiger partial charge in [0.25, 0.3) is 0 Å². The largest absolute Gasteiger partial charge is 0.340 e. The summed E-state index contributed by atoms with van der Waals surface area (Å²) < 4.78 is 27.9. The molecule has 3 heterocycles. The number of piperazine rings is 1. The first-order valence-corrected chi connectivity index (χ1v) is 12.6. The first-order valence-electron chi connectivity index (χ1n) is 11.2. The van der Waals surface area contributed by atoms with Crippen LogP contribution in [0.1, 0.15) is 16.8 Å². The van der Waals surface area contributed by atoms with Crippen LogP contribution < -0.4 is 15.5 Å². The highest BCUT2D eigenvalue weighted by Gasteiger charge is 2.31. The van der Waals surface area contributed by atoms with Crippen molar-refractivity contribution in [1.82, 2.24) is 14.3 Å². The molecule has 0 bridgehead atoms. The van der Waals surface area contributed by atoms with Crippen LogP contribution in [0.4, 0.5) is 23.1 Å². The van der Waals surface area contributed by atoms with Gasteiger partial charge in [0, 0.05) is 49.3 Å². The Balaban J connectivity index is 1.29. The number of anilines is 4. The number of aromatic nitrogens is 2. The monoisotopic (exact) mass is 478 g/mol. The molecule has 5 rings (SSSR count). The van der Waals surface area contributed by atoms with Crippen molar-refractivity contribution >= 4 is 39.1 Å². The number of nitrogens with zero attached hydrogens (tertiary/aromatic N) is 4. The first-order chi connectivity index (χ1) is 16.3. The second kappa shape index (κ2) is 8.69. The lowest BCUT2D eigenvalue weighted by Gasteiger charge is -2.34. The average Bonchev–Trinajstić information content (AvgIpc) is 3.19. The van der Waals surface area contributed by atoms with E-state index in [0.29, 0.717) is 49.2 Å². The molecule has 1 fully saturated rings. The number of hydrogen-bond donors (Lipinski definition) is 2. The second-order valence-corrected chi connectivity index (χ2v) is 10.6. The van der Waals surface area contributed by atoms with Gasteiger partial charge in [-0.3, -0.25) is 4.79 Å². The normalized spacial score (nSPS) is 16.3. The lowest BCUT2D eigenvalue weighted by Crippen LogP contribution is -2.49. The van der Waals surface area contributed by atoms with Gasteiger partial charge in [0.1, 0.15) is 5.82 Å². The summed E-state index contributed by atoms with van der Waals surface area (Å²) in [6, 6.07) is 14.8. The average molecular weight is 479 g/mol. The molecule has 1 amide bonds. The molecule has 0 radical (unpaired) electrons. The van der Waals surface area contributed by atoms with E-state index >= 15 is 0 Å². The Bertz CT molecular complexity index is 1350. The highest BCUT2D eigenvalue weighted by Crippen LogP contribution is 2.28. The highest BCUT2D eigenvalue weighted by atomic mass is 32.2. The maximum Gasteiger partial charge on any atom is 0.243 e. The zero-order valence-electron chi connectivity index (χ0n) is 19.1. The predicted molar refractivity (Wildman–Crippen MR) is 131 cm³/mol. The lowest BCUT2D eigenvalue weighted by molar-refractivity contribution is -0.115. The van der Waals surface area contributed by atoms with E-state index in [1.165, 1.54) is 9.87 Å². The topological polar surface area (TPSA) is 108 Å². The third kappa shape index (κ3) is 4.46. The van der Waals surface area contributed by atoms with Crippen LogP contribution in [0, 0.1) is 13.8 Å². The number of benzene rings is 2. The Morgan fingerprint density at radius 2 is 1.68 bits per heavy atom. The van der Waals surface area contributed by atoms with Crippen molar-refractivity contribution in [2.24, 2.45) is 0 Å². The molecule has 0 saturated carbocycles. The molecule has 176 valence electrons. The van der Waals surface area contributed by atoms with Gasteiger partial charge in [-0.25, -0.2) is 13.4 Å². The van der Waals surface area contributed by atoms with Gasteiger partial charge in [0.05, 0.1) is 11.3 Å². The molecule has 2 aromatic carbocycles. The molecule has 1 aromatic heterocycles. The second-order valence-electron chi connectivity index (χ2n) is 8.62. The molecule has 2 aliphatic rings. The molecule has 0 atom stereocenters. The first kappa shape index (κ1) is 22.3. The third-order valence-electron chi connectivity index (χ3n) is 6.03. The Morgan fingerprint density at radius 1 is 0.941 bits per heavy atom. The number of hydrogen-bond acceptors (Lipinski definition) is 7. The maximum absolute atomic E-state index is 13.2. The SMILES string of the molecule is Cc1ccc(Nc2cc(C)nc(N3CCN(S(=O)(=O)c4ccc5c(c4)CC(=O)N5)CC3)n2)cc1. The van der Waals surface area contributed by atoms with E-state index in [4.69, 9.17) is 0 Å². The minimum Gasteiger partial charge on any atom is -0.340 e. The van der Waals surface area contributed by atoms with Crippen molar-refractivity contribution in [2.75, 3.05) is 41.7 Å². The van der Waals surface area contributed by atoms with Gasteiger partial charge in [-0.2, -0.15) is 9.29 Å². The predicted octanol–water partition coefficient (Wildman–Crippen LogP) is 2.84. The summed E-state index contributed by atoms with van der Waals surface area (Å²) in [5.41, 5.74) is 4.35. The summed E-state index contributed by atoms with van der Waals surface area (Å²) in [4.78, 5) is 23.1. The van der Waals surface area contributed by atoms with Crippen molar-refractivity contribution in [2.45, 2.75) is 25.2 Å². The van der Waals surface area contributed by atoms with Gasteiger partial charge < -0.3 is 15.5 Å². The zero-order chi connectivity index (χ0) is 23.9. The van der Waals surface area contributed by atoms with Gasteiger partial charge >= 0.3 is 0 Å². The van der Waals surface area contributed by atoms with E-state index in [1.807, 2.05) is 49.1 Å². The minimum absolute atomic E-state index is 0.118. The van der Waals surface area contributed by atoms with Crippen molar-refractivity contribution in [3.05, 3.63) is 65.4 Å². The van der Waals surface area contributed by atoms with Gasteiger partial charge in [-0.15, -0.1) is 0 Å². The molecule has 1 saturated heterocycles. The Kier molecular flexibility index (Phi) is 5.70. The molecule has 9 nitrogen and oxygen atoms in total. The van der Waals surface area contributed by atoms with E-state index in [0.717, 1.165) is 11.4 Å². The van der Waals surface area contributed by atoms with Crippen molar-refractivity contribution < 1.29 is 13.2 Å². The molecular formula is C24H26N6O3S. The van der Waals surface area contributed by atoms with Gasteiger partial charge in [0.15, 0.2) is 0 Å². The molecule has 3 aromatic rings. The highest BCUT2D eigenvalue weighted by molar-refractivity contribution is 7.89. The summed E-state index contributed by atoms with van der Waals surface area (Å²) in [6.45, 7) is 5.58. The number of rotatable bonds is 5. The van der Waals surface area contributed by atoms with E-state index in [2.05, 4.69) is 20.6 Å². The van der Waals surface area contributed by atoms with Crippen LogP contribution in [-0.4, -0.2) is 54.8 Å². The van der Waals surface area contributed by atoms with Gasteiger partial charge in [-0.05, 0) is 49.7 Å². The van der Waals surface area contributed by atoms with E-state index < -0.39 is 10.0 Å². The number of carbonyl (C=O) groups is 1. The lowest BCUT2D eigenvalue weighted by atomic mass is 10.2. The number of sulfonamides is 1. The Hall–Kier alpha value is -3.50. The van der Waals surface area contributed by atoms with Crippen LogP contribution in [0.5, 0.6) is 0 Å². The number of amides is 1. The summed E-state index contributed by atoms with van der Waals surface area (Å²) >= 11 is 0. The van der Waals surface area contributed by atoms with Crippen molar-refractivity contribution in [1.29, 1.82) is 0 Å². The number of fused-ring (bicyclic) bond motifs is 1. The molecule has 34 heavy (non-hydrogen) atoms. The molecule has 0 aliphatic carbocycles. The van der Waals surface area contributed by atoms with E-state index in [-0.39, 0.29) is 17.2 Å². The van der Waals surface area contributed by atoms with Crippen LogP contribution >= 0.6 is 0 Å². The van der Waals surface area contributed by atoms with E-state index in [1.54, 1.807) is 18.2 Å². The van der Waals surface area contributed by atoms with Crippen LogP contribution in [0.25, 0.3) is 0 Å². The maximum atomic E-state index is 13.2. The smallest absolute Gasteiger partial charge is 0.243 e. The fourth-order valence-corrected chi connectivity index (χ4v) is 5.66. The van der Waals surface area contributed by atoms with Gasteiger partial charge in [-0.1, -0.05) is 17.7 Å². The zero-order valence-corrected chi connectivity index (χ0v) is 19.9. The molecule has 2 N–H and O–H groups in total. The Morgan fingerprint density at radius 3 is 2.41 bits per heavy atom. The van der Waals surface area contributed by atoms with Crippen LogP contribution in [0.15, 0.2) is 53.4 Å². The number of aryl methyl sites for hydroxylation is 2. The fraction of sp³-hybridized carbons (Fsp3) is 0.292. The quantitative estimate of drug-likeness (QED) is 0.581. The Labute approximate surface area is 198 Å². The van der Waals surface area contributed by atoms with Crippen molar-refractivity contribution in [3.8, 4) is 0 Å². The number of carbonyl (C=O) groups excluding carboxylic acids is 1. The van der Waals surface area contributed by atoms with Crippen LogP contribution in [0.3, 0.4) is 0 Å². The van der Waals surface area contributed by atoms with Crippen LogP contribution in [0.2, 0.25) is 0 Å².